The van der Waals surface area contributed by atoms with Crippen LogP contribution in [-0.2, 0) is 9.26 Å². The molecule has 0 saturated heterocycles. The van der Waals surface area contributed by atoms with Crippen LogP contribution in [0.3, 0.4) is 0 Å². The zero-order valence-corrected chi connectivity index (χ0v) is 23.0. The van der Waals surface area contributed by atoms with Crippen LogP contribution >= 0.6 is 8.81 Å². The molecule has 4 atom stereocenters. The van der Waals surface area contributed by atoms with E-state index in [4.69, 9.17) is 9.26 Å². The Morgan fingerprint density at radius 3 is 2.47 bits per heavy atom. The zero-order chi connectivity index (χ0) is 26.5. The first-order chi connectivity index (χ1) is 17.2. The van der Waals surface area contributed by atoms with Crippen molar-refractivity contribution < 1.29 is 24.0 Å². The predicted octanol–water partition coefficient (Wildman–Crippen LogP) is 6.71. The SMILES string of the molecule is COPC[C@@H](CC/C=C/c1cc(C)cc(C)c1C(C)=O)C(/C=C\C[C@H](C)O)OC(=O)c1ccccc1. The van der Waals surface area contributed by atoms with Gasteiger partial charge in [-0.25, -0.2) is 4.79 Å². The topological polar surface area (TPSA) is 72.8 Å². The van der Waals surface area contributed by atoms with Gasteiger partial charge in [0.05, 0.1) is 11.7 Å². The van der Waals surface area contributed by atoms with Crippen LogP contribution in [0.15, 0.2) is 60.7 Å². The van der Waals surface area contributed by atoms with Gasteiger partial charge in [0.2, 0.25) is 0 Å². The molecule has 2 aromatic rings. The summed E-state index contributed by atoms with van der Waals surface area (Å²) in [5, 5.41) is 9.68. The molecule has 0 heterocycles. The third-order valence-electron chi connectivity index (χ3n) is 5.87. The summed E-state index contributed by atoms with van der Waals surface area (Å²) in [6, 6.07) is 13.0. The van der Waals surface area contributed by atoms with Gasteiger partial charge in [-0.15, -0.1) is 0 Å². The molecule has 0 aliphatic rings. The molecule has 0 amide bonds. The first-order valence-corrected chi connectivity index (χ1v) is 13.5. The highest BCUT2D eigenvalue weighted by molar-refractivity contribution is 7.32. The van der Waals surface area contributed by atoms with Crippen LogP contribution in [-0.4, -0.2) is 42.3 Å². The van der Waals surface area contributed by atoms with Crippen LogP contribution in [0.25, 0.3) is 6.08 Å². The number of carbonyl (C=O) groups is 2. The van der Waals surface area contributed by atoms with Crippen molar-refractivity contribution in [2.24, 2.45) is 5.92 Å². The van der Waals surface area contributed by atoms with Crippen molar-refractivity contribution in [2.75, 3.05) is 13.3 Å². The molecule has 2 rings (SSSR count). The molecule has 0 aromatic heterocycles. The van der Waals surface area contributed by atoms with E-state index >= 15 is 0 Å². The first-order valence-electron chi connectivity index (χ1n) is 12.4. The highest BCUT2D eigenvalue weighted by atomic mass is 31.1. The van der Waals surface area contributed by atoms with E-state index in [0.717, 1.165) is 41.3 Å². The highest BCUT2D eigenvalue weighted by Gasteiger charge is 2.23. The number of hydrogen-bond donors (Lipinski definition) is 1. The van der Waals surface area contributed by atoms with Crippen LogP contribution in [0.2, 0.25) is 0 Å². The van der Waals surface area contributed by atoms with Gasteiger partial charge in [-0.1, -0.05) is 54.1 Å². The van der Waals surface area contributed by atoms with Crippen LogP contribution < -0.4 is 0 Å². The maximum Gasteiger partial charge on any atom is 0.338 e. The van der Waals surface area contributed by atoms with Crippen molar-refractivity contribution in [1.29, 1.82) is 0 Å². The molecule has 6 heteroatoms. The zero-order valence-electron chi connectivity index (χ0n) is 22.0. The third kappa shape index (κ3) is 9.81. The Morgan fingerprint density at radius 2 is 1.83 bits per heavy atom. The molecule has 0 saturated carbocycles. The molecular weight excluding hydrogens is 471 g/mol. The predicted molar refractivity (Wildman–Crippen MR) is 149 cm³/mol. The standard InChI is InChI=1S/C30H39O5P/c1-21-18-22(2)29(24(4)32)26(19-21)15-9-10-16-27(20-36-34-5)28(17-11-12-23(3)31)35-30(33)25-13-7-6-8-14-25/h6-9,11,13-15,17-19,23,27-28,31,36H,10,12,16,20H2,1-5H3/b15-9+,17-11-/t23-,27+,28?/m0/s1. The monoisotopic (exact) mass is 510 g/mol. The summed E-state index contributed by atoms with van der Waals surface area (Å²) >= 11 is 0. The number of aryl methyl sites for hydroxylation is 2. The molecule has 0 aliphatic heterocycles. The Labute approximate surface area is 217 Å². The van der Waals surface area contributed by atoms with Gasteiger partial charge in [0.15, 0.2) is 5.78 Å². The van der Waals surface area contributed by atoms with E-state index in [2.05, 4.69) is 6.08 Å². The quantitative estimate of drug-likeness (QED) is 0.132. The van der Waals surface area contributed by atoms with E-state index in [1.54, 1.807) is 33.1 Å². The first kappa shape index (κ1) is 29.6. The maximum absolute atomic E-state index is 12.8. The number of benzene rings is 2. The average molecular weight is 511 g/mol. The lowest BCUT2D eigenvalue weighted by Crippen LogP contribution is -2.27. The molecule has 36 heavy (non-hydrogen) atoms. The summed E-state index contributed by atoms with van der Waals surface area (Å²) in [7, 11) is 1.96. The Morgan fingerprint density at radius 1 is 1.11 bits per heavy atom. The number of hydrogen-bond acceptors (Lipinski definition) is 5. The van der Waals surface area contributed by atoms with E-state index < -0.39 is 12.2 Å². The average Bonchev–Trinajstić information content (AvgIpc) is 2.82. The van der Waals surface area contributed by atoms with Gasteiger partial charge in [0.1, 0.15) is 6.10 Å². The van der Waals surface area contributed by atoms with E-state index in [0.29, 0.717) is 12.0 Å². The minimum Gasteiger partial charge on any atom is -0.454 e. The van der Waals surface area contributed by atoms with Gasteiger partial charge < -0.3 is 14.4 Å². The lowest BCUT2D eigenvalue weighted by Gasteiger charge is -2.24. The smallest absolute Gasteiger partial charge is 0.338 e. The number of aliphatic hydroxyl groups excluding tert-OH is 1. The normalized spacial score (nSPS) is 14.5. The summed E-state index contributed by atoms with van der Waals surface area (Å²) < 4.78 is 11.3. The molecule has 0 bridgehead atoms. The van der Waals surface area contributed by atoms with Gasteiger partial charge in [-0.3, -0.25) is 4.79 Å². The second kappa shape index (κ2) is 15.5. The number of esters is 1. The Hall–Kier alpha value is -2.59. The molecule has 0 spiro atoms. The number of carbonyl (C=O) groups excluding carboxylic acids is 2. The number of rotatable bonds is 14. The Balaban J connectivity index is 2.21. The molecule has 194 valence electrons. The summed E-state index contributed by atoms with van der Waals surface area (Å²) in [5.74, 6) is -0.273. The van der Waals surface area contributed by atoms with Crippen LogP contribution in [0.1, 0.15) is 70.5 Å². The van der Waals surface area contributed by atoms with Gasteiger partial charge in [0.25, 0.3) is 0 Å². The molecule has 5 nitrogen and oxygen atoms in total. The summed E-state index contributed by atoms with van der Waals surface area (Å²) in [6.07, 6.45) is 9.72. The van der Waals surface area contributed by atoms with Crippen LogP contribution in [0.5, 0.6) is 0 Å². The maximum atomic E-state index is 12.8. The lowest BCUT2D eigenvalue weighted by molar-refractivity contribution is 0.0286. The Bertz CT molecular complexity index is 1040. The Kier molecular flexibility index (Phi) is 12.8. The van der Waals surface area contributed by atoms with Crippen molar-refractivity contribution >= 4 is 26.6 Å². The van der Waals surface area contributed by atoms with Crippen LogP contribution in [0.4, 0.5) is 0 Å². The highest BCUT2D eigenvalue weighted by Crippen LogP contribution is 2.27. The molecule has 0 fully saturated rings. The second-order valence-corrected chi connectivity index (χ2v) is 10.2. The van der Waals surface area contributed by atoms with Gasteiger partial charge >= 0.3 is 5.97 Å². The molecule has 1 N–H and O–H groups in total. The minimum absolute atomic E-state index is 0.0392. The molecule has 2 unspecified atom stereocenters. The lowest BCUT2D eigenvalue weighted by atomic mass is 9.94. The fraction of sp³-hybridized carbons (Fsp3) is 0.400. The van der Waals surface area contributed by atoms with E-state index in [9.17, 15) is 14.7 Å². The van der Waals surface area contributed by atoms with E-state index in [1.807, 2.05) is 62.4 Å². The van der Waals surface area contributed by atoms with Crippen LogP contribution in [0, 0.1) is 19.8 Å². The van der Waals surface area contributed by atoms with Crippen molar-refractivity contribution in [1.82, 2.24) is 0 Å². The molecule has 0 aliphatic carbocycles. The minimum atomic E-state index is -0.470. The van der Waals surface area contributed by atoms with Crippen molar-refractivity contribution in [3.05, 3.63) is 88.5 Å². The van der Waals surface area contributed by atoms with Crippen molar-refractivity contribution in [3.8, 4) is 0 Å². The fourth-order valence-corrected chi connectivity index (χ4v) is 4.99. The third-order valence-corrected chi connectivity index (χ3v) is 6.85. The number of allylic oxidation sites excluding steroid dienone is 1. The van der Waals surface area contributed by atoms with Gasteiger partial charge in [-0.05, 0) is 82.5 Å². The number of ether oxygens (including phenoxy) is 1. The largest absolute Gasteiger partial charge is 0.454 e. The van der Waals surface area contributed by atoms with Gasteiger partial charge in [0, 0.05) is 27.4 Å². The summed E-state index contributed by atoms with van der Waals surface area (Å²) in [4.78, 5) is 25.0. The van der Waals surface area contributed by atoms with Crippen molar-refractivity contribution in [2.45, 2.75) is 59.2 Å². The van der Waals surface area contributed by atoms with Gasteiger partial charge in [-0.2, -0.15) is 0 Å². The number of aliphatic hydroxyl groups is 1. The molecule has 2 aromatic carbocycles. The number of ketones is 1. The molecular formula is C30H39O5P. The van der Waals surface area contributed by atoms with Crippen molar-refractivity contribution in [3.63, 3.8) is 0 Å². The fourth-order valence-electron chi connectivity index (χ4n) is 4.17. The summed E-state index contributed by atoms with van der Waals surface area (Å²) in [5.41, 5.74) is 4.29. The van der Waals surface area contributed by atoms with E-state index in [-0.39, 0.29) is 26.5 Å². The summed E-state index contributed by atoms with van der Waals surface area (Å²) in [6.45, 7) is 7.32. The second-order valence-electron chi connectivity index (χ2n) is 9.14. The molecule has 0 radical (unpaired) electrons. The van der Waals surface area contributed by atoms with E-state index in [1.165, 1.54) is 0 Å². The number of Topliss-reactive ketones (excluding diaryl/α,β-unsaturated/α-hetero) is 1.